The Morgan fingerprint density at radius 2 is 1.70 bits per heavy atom. The number of fused-ring (bicyclic) bond motifs is 2. The summed E-state index contributed by atoms with van der Waals surface area (Å²) in [5.74, 6) is 1.12. The van der Waals surface area contributed by atoms with Gasteiger partial charge in [-0.3, -0.25) is 4.79 Å². The first kappa shape index (κ1) is 21.0. The highest BCUT2D eigenvalue weighted by Crippen LogP contribution is 2.43. The Balaban J connectivity index is 1.39. The van der Waals surface area contributed by atoms with Crippen molar-refractivity contribution in [1.29, 1.82) is 0 Å². The molecule has 2 aliphatic heterocycles. The second-order valence-electron chi connectivity index (χ2n) is 8.34. The van der Waals surface area contributed by atoms with Crippen LogP contribution in [0.15, 0.2) is 48.5 Å². The Labute approximate surface area is 188 Å². The van der Waals surface area contributed by atoms with Crippen molar-refractivity contribution < 1.29 is 32.5 Å². The van der Waals surface area contributed by atoms with Crippen LogP contribution in [-0.4, -0.2) is 24.0 Å². The number of hydrogen-bond acceptors (Lipinski definition) is 6. The molecule has 1 amide bonds. The van der Waals surface area contributed by atoms with Crippen LogP contribution in [0.25, 0.3) is 11.3 Å². The Morgan fingerprint density at radius 3 is 2.52 bits per heavy atom. The summed E-state index contributed by atoms with van der Waals surface area (Å²) in [4.78, 5) is 17.8. The van der Waals surface area contributed by atoms with E-state index >= 15 is 0 Å². The molecule has 33 heavy (non-hydrogen) atoms. The Kier molecular flexibility index (Phi) is 4.66. The summed E-state index contributed by atoms with van der Waals surface area (Å²) in [5.41, 5.74) is 1.85. The molecule has 0 unspecified atom stereocenters. The predicted molar refractivity (Wildman–Crippen MR) is 115 cm³/mol. The topological polar surface area (TPSA) is 78.9 Å². The van der Waals surface area contributed by atoms with Gasteiger partial charge in [-0.05, 0) is 68.3 Å². The Bertz CT molecular complexity index is 1280. The lowest BCUT2D eigenvalue weighted by atomic mass is 9.83. The Morgan fingerprint density at radius 1 is 0.970 bits per heavy atom. The van der Waals surface area contributed by atoms with Gasteiger partial charge in [0, 0.05) is 5.56 Å². The summed E-state index contributed by atoms with van der Waals surface area (Å²) in [6.45, 7) is 5.47. The number of anilines is 1. The molecule has 3 heterocycles. The average Bonchev–Trinajstić information content (AvgIpc) is 3.35. The Hall–Kier alpha value is -3.88. The van der Waals surface area contributed by atoms with Crippen molar-refractivity contribution in [3.05, 3.63) is 59.7 Å². The standard InChI is InChI=1S/C24H20F2N2O5/c1-13-4-9-20(27-21(13)14-5-7-16-18(10-14)31-12-30-16)28-22(29)23(2,3)15-6-8-17-19(11-15)33-24(25,26)32-17/h4-11H,12H2,1-3H3,(H,27,28,29). The van der Waals surface area contributed by atoms with Gasteiger partial charge in [0.15, 0.2) is 23.0 Å². The number of nitrogens with zero attached hydrogens (tertiary/aromatic N) is 1. The number of alkyl halides is 2. The van der Waals surface area contributed by atoms with E-state index in [1.165, 1.54) is 12.1 Å². The van der Waals surface area contributed by atoms with Gasteiger partial charge in [0.2, 0.25) is 12.7 Å². The molecular formula is C24H20F2N2O5. The summed E-state index contributed by atoms with van der Waals surface area (Å²) in [6.07, 6.45) is -3.72. The van der Waals surface area contributed by atoms with Crippen molar-refractivity contribution in [3.8, 4) is 34.3 Å². The molecule has 0 spiro atoms. The summed E-state index contributed by atoms with van der Waals surface area (Å²) in [6, 6.07) is 13.4. The van der Waals surface area contributed by atoms with E-state index in [1.54, 1.807) is 26.0 Å². The van der Waals surface area contributed by atoms with Crippen LogP contribution in [0.1, 0.15) is 25.0 Å². The van der Waals surface area contributed by atoms with Crippen LogP contribution >= 0.6 is 0 Å². The maximum Gasteiger partial charge on any atom is 0.586 e. The fraction of sp³-hybridized carbons (Fsp3) is 0.250. The number of benzene rings is 2. The number of hydrogen-bond donors (Lipinski definition) is 1. The lowest BCUT2D eigenvalue weighted by Crippen LogP contribution is -2.35. The minimum Gasteiger partial charge on any atom is -0.454 e. The first-order valence-corrected chi connectivity index (χ1v) is 10.2. The van der Waals surface area contributed by atoms with Gasteiger partial charge in [-0.25, -0.2) is 4.98 Å². The summed E-state index contributed by atoms with van der Waals surface area (Å²) in [5, 5.41) is 2.83. The number of carbonyl (C=O) groups is 1. The largest absolute Gasteiger partial charge is 0.586 e. The van der Waals surface area contributed by atoms with Crippen molar-refractivity contribution in [1.82, 2.24) is 4.98 Å². The number of rotatable bonds is 4. The molecule has 7 nitrogen and oxygen atoms in total. The van der Waals surface area contributed by atoms with Crippen molar-refractivity contribution >= 4 is 11.7 Å². The van der Waals surface area contributed by atoms with Gasteiger partial charge in [0.25, 0.3) is 0 Å². The molecule has 0 saturated carbocycles. The maximum absolute atomic E-state index is 13.3. The van der Waals surface area contributed by atoms with Crippen LogP contribution in [0.5, 0.6) is 23.0 Å². The molecule has 0 aliphatic carbocycles. The predicted octanol–water partition coefficient (Wildman–Crippen LogP) is 5.02. The molecule has 2 aliphatic rings. The van der Waals surface area contributed by atoms with Crippen LogP contribution in [0.4, 0.5) is 14.6 Å². The lowest BCUT2D eigenvalue weighted by Gasteiger charge is -2.24. The van der Waals surface area contributed by atoms with Crippen LogP contribution in [-0.2, 0) is 10.2 Å². The third-order valence-electron chi connectivity index (χ3n) is 5.68. The van der Waals surface area contributed by atoms with E-state index in [-0.39, 0.29) is 24.2 Å². The van der Waals surface area contributed by atoms with E-state index in [0.717, 1.165) is 11.1 Å². The average molecular weight is 454 g/mol. The molecule has 9 heteroatoms. The van der Waals surface area contributed by atoms with E-state index in [2.05, 4.69) is 19.8 Å². The number of carbonyl (C=O) groups excluding carboxylic acids is 1. The third-order valence-corrected chi connectivity index (χ3v) is 5.68. The minimum absolute atomic E-state index is 0.0754. The van der Waals surface area contributed by atoms with Gasteiger partial charge in [-0.2, -0.15) is 0 Å². The molecule has 0 atom stereocenters. The fourth-order valence-electron chi connectivity index (χ4n) is 3.68. The van der Waals surface area contributed by atoms with Crippen LogP contribution < -0.4 is 24.3 Å². The molecule has 5 rings (SSSR count). The highest BCUT2D eigenvalue weighted by Gasteiger charge is 2.44. The van der Waals surface area contributed by atoms with Gasteiger partial charge in [-0.1, -0.05) is 12.1 Å². The van der Waals surface area contributed by atoms with Crippen molar-refractivity contribution in [2.45, 2.75) is 32.5 Å². The summed E-state index contributed by atoms with van der Waals surface area (Å²) < 4.78 is 46.4. The number of halogens is 2. The normalized spacial score (nSPS) is 15.4. The highest BCUT2D eigenvalue weighted by molar-refractivity contribution is 5.98. The zero-order valence-electron chi connectivity index (χ0n) is 18.1. The number of aryl methyl sites for hydroxylation is 1. The number of amides is 1. The monoisotopic (exact) mass is 454 g/mol. The van der Waals surface area contributed by atoms with E-state index in [9.17, 15) is 13.6 Å². The highest BCUT2D eigenvalue weighted by atomic mass is 19.3. The quantitative estimate of drug-likeness (QED) is 0.596. The van der Waals surface area contributed by atoms with Crippen molar-refractivity contribution in [2.75, 3.05) is 12.1 Å². The molecule has 0 bridgehead atoms. The number of nitrogens with one attached hydrogen (secondary N) is 1. The molecule has 170 valence electrons. The second kappa shape index (κ2) is 7.33. The van der Waals surface area contributed by atoms with E-state index in [0.29, 0.717) is 28.6 Å². The molecule has 1 aromatic heterocycles. The van der Waals surface area contributed by atoms with Gasteiger partial charge < -0.3 is 24.3 Å². The van der Waals surface area contributed by atoms with E-state index < -0.39 is 11.7 Å². The molecule has 1 N–H and O–H groups in total. The fourth-order valence-corrected chi connectivity index (χ4v) is 3.68. The van der Waals surface area contributed by atoms with E-state index in [1.807, 2.05) is 31.2 Å². The van der Waals surface area contributed by atoms with Crippen LogP contribution in [0.3, 0.4) is 0 Å². The first-order valence-electron chi connectivity index (χ1n) is 10.2. The van der Waals surface area contributed by atoms with Gasteiger partial charge in [-0.15, -0.1) is 8.78 Å². The zero-order chi connectivity index (χ0) is 23.4. The lowest BCUT2D eigenvalue weighted by molar-refractivity contribution is -0.286. The number of aromatic nitrogens is 1. The second-order valence-corrected chi connectivity index (χ2v) is 8.34. The molecule has 0 fully saturated rings. The maximum atomic E-state index is 13.3. The molecule has 2 aromatic carbocycles. The number of pyridine rings is 1. The van der Waals surface area contributed by atoms with Gasteiger partial charge in [0.1, 0.15) is 5.82 Å². The molecular weight excluding hydrogens is 434 g/mol. The molecule has 0 radical (unpaired) electrons. The molecule has 0 saturated heterocycles. The third kappa shape index (κ3) is 3.79. The van der Waals surface area contributed by atoms with E-state index in [4.69, 9.17) is 9.47 Å². The van der Waals surface area contributed by atoms with Gasteiger partial charge >= 0.3 is 6.29 Å². The minimum atomic E-state index is -3.72. The molecule has 3 aromatic rings. The smallest absolute Gasteiger partial charge is 0.454 e. The summed E-state index contributed by atoms with van der Waals surface area (Å²) >= 11 is 0. The first-order chi connectivity index (χ1) is 15.6. The SMILES string of the molecule is Cc1ccc(NC(=O)C(C)(C)c2ccc3c(c2)OC(F)(F)O3)nc1-c1ccc2c(c1)OCO2. The zero-order valence-corrected chi connectivity index (χ0v) is 18.1. The van der Waals surface area contributed by atoms with Crippen molar-refractivity contribution in [3.63, 3.8) is 0 Å². The van der Waals surface area contributed by atoms with Crippen molar-refractivity contribution in [2.24, 2.45) is 0 Å². The van der Waals surface area contributed by atoms with Crippen LogP contribution in [0, 0.1) is 6.92 Å². The summed E-state index contributed by atoms with van der Waals surface area (Å²) in [7, 11) is 0. The van der Waals surface area contributed by atoms with Gasteiger partial charge in [0.05, 0.1) is 11.1 Å². The number of ether oxygens (including phenoxy) is 4. The van der Waals surface area contributed by atoms with Crippen LogP contribution in [0.2, 0.25) is 0 Å².